The SMILES string of the molecule is CCOC(=O)Cc1nc(CC(C)C)c(CC(=O)OCC)nc1CC(C)C. The summed E-state index contributed by atoms with van der Waals surface area (Å²) < 4.78 is 10.1. The van der Waals surface area contributed by atoms with Gasteiger partial charge in [-0.1, -0.05) is 27.7 Å². The molecule has 1 rings (SSSR count). The summed E-state index contributed by atoms with van der Waals surface area (Å²) in [6.07, 6.45) is 1.60. The summed E-state index contributed by atoms with van der Waals surface area (Å²) in [6.45, 7) is 12.6. The molecule has 0 bridgehead atoms. The van der Waals surface area contributed by atoms with Crippen LogP contribution in [0.1, 0.15) is 64.3 Å². The number of rotatable bonds is 10. The summed E-state index contributed by atoms with van der Waals surface area (Å²) in [7, 11) is 0. The molecule has 1 heterocycles. The zero-order valence-corrected chi connectivity index (χ0v) is 16.9. The highest BCUT2D eigenvalue weighted by Gasteiger charge is 2.20. The molecule has 0 unspecified atom stereocenters. The number of hydrogen-bond acceptors (Lipinski definition) is 6. The highest BCUT2D eigenvalue weighted by Crippen LogP contribution is 2.18. The van der Waals surface area contributed by atoms with E-state index in [0.717, 1.165) is 11.4 Å². The third-order valence-corrected chi connectivity index (χ3v) is 3.64. The molecule has 0 aromatic carbocycles. The summed E-state index contributed by atoms with van der Waals surface area (Å²) in [5, 5.41) is 0. The lowest BCUT2D eigenvalue weighted by molar-refractivity contribution is -0.143. The van der Waals surface area contributed by atoms with Crippen LogP contribution in [0, 0.1) is 11.8 Å². The molecule has 0 saturated heterocycles. The first-order valence-electron chi connectivity index (χ1n) is 9.45. The number of ether oxygens (including phenoxy) is 2. The molecule has 0 N–H and O–H groups in total. The van der Waals surface area contributed by atoms with Gasteiger partial charge in [0.25, 0.3) is 0 Å². The van der Waals surface area contributed by atoms with Crippen molar-refractivity contribution in [2.45, 2.75) is 67.2 Å². The van der Waals surface area contributed by atoms with Crippen LogP contribution in [0.5, 0.6) is 0 Å². The molecule has 0 spiro atoms. The number of esters is 2. The molecule has 0 aliphatic heterocycles. The lowest BCUT2D eigenvalue weighted by Gasteiger charge is -2.16. The van der Waals surface area contributed by atoms with Crippen molar-refractivity contribution in [2.24, 2.45) is 11.8 Å². The first kappa shape index (κ1) is 22.1. The van der Waals surface area contributed by atoms with E-state index >= 15 is 0 Å². The fourth-order valence-electron chi connectivity index (χ4n) is 2.66. The smallest absolute Gasteiger partial charge is 0.311 e. The fraction of sp³-hybridized carbons (Fsp3) is 0.700. The monoisotopic (exact) mass is 364 g/mol. The van der Waals surface area contributed by atoms with E-state index in [2.05, 4.69) is 27.7 Å². The van der Waals surface area contributed by atoms with Crippen LogP contribution in [0.15, 0.2) is 0 Å². The van der Waals surface area contributed by atoms with Crippen molar-refractivity contribution >= 4 is 11.9 Å². The zero-order valence-electron chi connectivity index (χ0n) is 16.9. The van der Waals surface area contributed by atoms with Crippen LogP contribution in [0.3, 0.4) is 0 Å². The highest BCUT2D eigenvalue weighted by atomic mass is 16.5. The van der Waals surface area contributed by atoms with Crippen LogP contribution < -0.4 is 0 Å². The molecule has 0 aliphatic carbocycles. The van der Waals surface area contributed by atoms with Crippen molar-refractivity contribution in [3.05, 3.63) is 22.8 Å². The minimum atomic E-state index is -0.305. The van der Waals surface area contributed by atoms with Crippen molar-refractivity contribution in [3.63, 3.8) is 0 Å². The van der Waals surface area contributed by atoms with Gasteiger partial charge in [-0.3, -0.25) is 19.6 Å². The maximum absolute atomic E-state index is 12.0. The Labute approximate surface area is 156 Å². The lowest BCUT2D eigenvalue weighted by Crippen LogP contribution is -2.19. The first-order valence-corrected chi connectivity index (χ1v) is 9.45. The average Bonchev–Trinajstić information content (AvgIpc) is 2.50. The maximum atomic E-state index is 12.0. The molecule has 0 fully saturated rings. The molecule has 1 aromatic heterocycles. The minimum Gasteiger partial charge on any atom is -0.466 e. The second kappa shape index (κ2) is 10.9. The van der Waals surface area contributed by atoms with Crippen LogP contribution in [-0.4, -0.2) is 35.1 Å². The van der Waals surface area contributed by atoms with Crippen molar-refractivity contribution in [2.75, 3.05) is 13.2 Å². The number of carbonyl (C=O) groups is 2. The summed E-state index contributed by atoms with van der Waals surface area (Å²) >= 11 is 0. The van der Waals surface area contributed by atoms with Crippen molar-refractivity contribution < 1.29 is 19.1 Å². The van der Waals surface area contributed by atoms with Crippen LogP contribution in [0.25, 0.3) is 0 Å². The summed E-state index contributed by atoms with van der Waals surface area (Å²) in [4.78, 5) is 33.4. The average molecular weight is 364 g/mol. The first-order chi connectivity index (χ1) is 12.3. The van der Waals surface area contributed by atoms with Gasteiger partial charge in [-0.05, 0) is 38.5 Å². The van der Waals surface area contributed by atoms with Crippen molar-refractivity contribution in [1.29, 1.82) is 0 Å². The Hall–Kier alpha value is -1.98. The molecule has 0 saturated carbocycles. The van der Waals surface area contributed by atoms with E-state index < -0.39 is 0 Å². The second-order valence-corrected chi connectivity index (χ2v) is 7.17. The minimum absolute atomic E-state index is 0.105. The molecule has 146 valence electrons. The topological polar surface area (TPSA) is 78.4 Å². The molecule has 26 heavy (non-hydrogen) atoms. The highest BCUT2D eigenvalue weighted by molar-refractivity contribution is 5.73. The van der Waals surface area contributed by atoms with E-state index in [1.807, 2.05) is 0 Å². The molecule has 6 nitrogen and oxygen atoms in total. The third kappa shape index (κ3) is 7.50. The summed E-state index contributed by atoms with van der Waals surface area (Å²) in [5.74, 6) is 0.106. The van der Waals surface area contributed by atoms with Crippen LogP contribution >= 0.6 is 0 Å². The molecule has 0 aliphatic rings. The molecular formula is C20H32N2O4. The van der Waals surface area contributed by atoms with E-state index in [-0.39, 0.29) is 24.8 Å². The molecular weight excluding hydrogens is 332 g/mol. The molecule has 0 atom stereocenters. The van der Waals surface area contributed by atoms with Gasteiger partial charge < -0.3 is 9.47 Å². The largest absolute Gasteiger partial charge is 0.466 e. The quantitative estimate of drug-likeness (QED) is 0.594. The lowest BCUT2D eigenvalue weighted by atomic mass is 10.0. The van der Waals surface area contributed by atoms with E-state index in [9.17, 15) is 9.59 Å². The number of carbonyl (C=O) groups excluding carboxylic acids is 2. The Kier molecular flexibility index (Phi) is 9.24. The number of aromatic nitrogens is 2. The van der Waals surface area contributed by atoms with E-state index in [0.29, 0.717) is 49.3 Å². The van der Waals surface area contributed by atoms with Crippen LogP contribution in [0.4, 0.5) is 0 Å². The van der Waals surface area contributed by atoms with Gasteiger partial charge in [0, 0.05) is 0 Å². The Balaban J connectivity index is 3.29. The van der Waals surface area contributed by atoms with Gasteiger partial charge in [0.15, 0.2) is 0 Å². The third-order valence-electron chi connectivity index (χ3n) is 3.64. The summed E-state index contributed by atoms with van der Waals surface area (Å²) in [6, 6.07) is 0. The van der Waals surface area contributed by atoms with Crippen LogP contribution in [0.2, 0.25) is 0 Å². The van der Waals surface area contributed by atoms with Gasteiger partial charge in [0.05, 0.1) is 48.8 Å². The van der Waals surface area contributed by atoms with Crippen molar-refractivity contribution in [3.8, 4) is 0 Å². The normalized spacial score (nSPS) is 11.1. The standard InChI is InChI=1S/C20H32N2O4/c1-7-25-19(23)11-17-15(9-13(3)4)22-18(12-20(24)26-8-2)16(21-17)10-14(5)6/h13-14H,7-12H2,1-6H3. The van der Waals surface area contributed by atoms with E-state index in [1.165, 1.54) is 0 Å². The maximum Gasteiger partial charge on any atom is 0.311 e. The molecule has 0 radical (unpaired) electrons. The Morgan fingerprint density at radius 1 is 0.731 bits per heavy atom. The Morgan fingerprint density at radius 3 is 1.35 bits per heavy atom. The van der Waals surface area contributed by atoms with Gasteiger partial charge in [-0.25, -0.2) is 0 Å². The predicted octanol–water partition coefficient (Wildman–Crippen LogP) is 3.08. The molecule has 0 amide bonds. The second-order valence-electron chi connectivity index (χ2n) is 7.17. The van der Waals surface area contributed by atoms with Crippen molar-refractivity contribution in [1.82, 2.24) is 9.97 Å². The zero-order chi connectivity index (χ0) is 19.7. The molecule has 6 heteroatoms. The van der Waals surface area contributed by atoms with Gasteiger partial charge in [-0.2, -0.15) is 0 Å². The molecule has 1 aromatic rings. The van der Waals surface area contributed by atoms with Gasteiger partial charge in [0.2, 0.25) is 0 Å². The Bertz CT molecular complexity index is 558. The van der Waals surface area contributed by atoms with Gasteiger partial charge in [-0.15, -0.1) is 0 Å². The van der Waals surface area contributed by atoms with E-state index in [4.69, 9.17) is 19.4 Å². The summed E-state index contributed by atoms with van der Waals surface area (Å²) in [5.41, 5.74) is 2.83. The number of nitrogens with zero attached hydrogens (tertiary/aromatic N) is 2. The van der Waals surface area contributed by atoms with Crippen LogP contribution in [-0.2, 0) is 44.7 Å². The predicted molar refractivity (Wildman–Crippen MR) is 99.8 cm³/mol. The fourth-order valence-corrected chi connectivity index (χ4v) is 2.66. The van der Waals surface area contributed by atoms with Gasteiger partial charge >= 0.3 is 11.9 Å². The number of hydrogen-bond donors (Lipinski definition) is 0. The van der Waals surface area contributed by atoms with Gasteiger partial charge in [0.1, 0.15) is 0 Å². The Morgan fingerprint density at radius 2 is 1.08 bits per heavy atom. The van der Waals surface area contributed by atoms with E-state index in [1.54, 1.807) is 13.8 Å².